The highest BCUT2D eigenvalue weighted by Gasteiger charge is 2.14. The maximum Gasteiger partial charge on any atom is 0.245 e. The number of nitrogens with two attached hydrogens (primary N) is 1. The van der Waals surface area contributed by atoms with Crippen LogP contribution in [0.25, 0.3) is 21.9 Å². The highest BCUT2D eigenvalue weighted by molar-refractivity contribution is 5.87. The maximum atomic E-state index is 10.8. The number of hydrogen-bond donors (Lipinski definition) is 2. The molecule has 3 N–H and O–H groups in total. The highest BCUT2D eigenvalue weighted by Crippen LogP contribution is 2.17. The number of benzene rings is 1. The highest BCUT2D eigenvalue weighted by atomic mass is 16.2. The lowest BCUT2D eigenvalue weighted by Crippen LogP contribution is -2.25. The van der Waals surface area contributed by atoms with E-state index in [0.717, 1.165) is 47.9 Å². The van der Waals surface area contributed by atoms with Crippen LogP contribution >= 0.6 is 0 Å². The molecule has 156 valence electrons. The predicted molar refractivity (Wildman–Crippen MR) is 121 cm³/mol. The molecule has 8 nitrogen and oxygen atoms in total. The molecule has 3 aromatic heterocycles. The van der Waals surface area contributed by atoms with Crippen LogP contribution in [0.2, 0.25) is 0 Å². The number of aromatic amines is 1. The lowest BCUT2D eigenvalue weighted by Gasteiger charge is -2.10. The molecule has 4 heterocycles. The standard InChI is InChI=1S/C16H12N6.C7H11NO/c17-15-13-8-12(21-16(13)19-10-18-15)5-3-7-22-14-6-2-1-4-11(14)9-20-22;1-2-7(9)8-5-3-4-6-8/h1-2,4,6,8-10H,7H2,(H3,17,18,19,21);2H,1,3-6H2. The molecular weight excluding hydrogens is 390 g/mol. The van der Waals surface area contributed by atoms with Crippen LogP contribution in [0, 0.1) is 11.8 Å². The molecule has 4 aromatic rings. The van der Waals surface area contributed by atoms with E-state index in [0.29, 0.717) is 18.0 Å². The first-order valence-corrected chi connectivity index (χ1v) is 10.1. The number of H-pyrrole nitrogens is 1. The van der Waals surface area contributed by atoms with Crippen molar-refractivity contribution in [2.45, 2.75) is 19.4 Å². The lowest BCUT2D eigenvalue weighted by atomic mass is 10.2. The van der Waals surface area contributed by atoms with E-state index in [2.05, 4.69) is 38.5 Å². The number of aromatic nitrogens is 5. The van der Waals surface area contributed by atoms with E-state index < -0.39 is 0 Å². The summed E-state index contributed by atoms with van der Waals surface area (Å²) >= 11 is 0. The van der Waals surface area contributed by atoms with Gasteiger partial charge in [-0.2, -0.15) is 5.10 Å². The van der Waals surface area contributed by atoms with Crippen molar-refractivity contribution in [2.24, 2.45) is 0 Å². The third-order valence-corrected chi connectivity index (χ3v) is 5.05. The molecule has 0 atom stereocenters. The van der Waals surface area contributed by atoms with Crippen molar-refractivity contribution in [3.8, 4) is 11.8 Å². The Labute approximate surface area is 179 Å². The molecule has 8 heteroatoms. The Bertz CT molecular complexity index is 1290. The molecule has 1 fully saturated rings. The second kappa shape index (κ2) is 9.13. The smallest absolute Gasteiger partial charge is 0.245 e. The molecule has 0 aliphatic carbocycles. The first-order valence-electron chi connectivity index (χ1n) is 10.1. The van der Waals surface area contributed by atoms with Gasteiger partial charge in [-0.15, -0.1) is 0 Å². The summed E-state index contributed by atoms with van der Waals surface area (Å²) in [5.41, 5.74) is 8.34. The van der Waals surface area contributed by atoms with Gasteiger partial charge >= 0.3 is 0 Å². The number of nitrogen functional groups attached to an aromatic ring is 1. The summed E-state index contributed by atoms with van der Waals surface area (Å²) in [5.74, 6) is 6.71. The van der Waals surface area contributed by atoms with E-state index in [-0.39, 0.29) is 5.91 Å². The number of para-hydroxylation sites is 1. The Morgan fingerprint density at radius 3 is 2.84 bits per heavy atom. The van der Waals surface area contributed by atoms with Crippen molar-refractivity contribution in [2.75, 3.05) is 18.8 Å². The third kappa shape index (κ3) is 4.56. The molecule has 0 saturated carbocycles. The summed E-state index contributed by atoms with van der Waals surface area (Å²) in [4.78, 5) is 23.9. The summed E-state index contributed by atoms with van der Waals surface area (Å²) in [7, 11) is 0. The average molecular weight is 413 g/mol. The number of carbonyl (C=O) groups excluding carboxylic acids is 1. The number of nitrogens with zero attached hydrogens (tertiary/aromatic N) is 5. The number of fused-ring (bicyclic) bond motifs is 2. The molecule has 1 aliphatic rings. The molecular formula is C23H23N7O. The Morgan fingerprint density at radius 1 is 1.26 bits per heavy atom. The SMILES string of the molecule is C=CC(=O)N1CCCC1.Nc1ncnc2[nH]c(C#CCn3ncc4ccccc43)cc12. The minimum Gasteiger partial charge on any atom is -0.383 e. The fourth-order valence-corrected chi connectivity index (χ4v) is 3.45. The predicted octanol–water partition coefficient (Wildman–Crippen LogP) is 2.74. The minimum absolute atomic E-state index is 0.0764. The summed E-state index contributed by atoms with van der Waals surface area (Å²) < 4.78 is 1.87. The number of hydrogen-bond acceptors (Lipinski definition) is 5. The summed E-state index contributed by atoms with van der Waals surface area (Å²) in [6.07, 6.45) is 6.96. The fraction of sp³-hybridized carbons (Fsp3) is 0.217. The van der Waals surface area contributed by atoms with Crippen molar-refractivity contribution < 1.29 is 4.79 Å². The number of carbonyl (C=O) groups is 1. The van der Waals surface area contributed by atoms with Gasteiger partial charge in [0.05, 0.1) is 22.8 Å². The van der Waals surface area contributed by atoms with Gasteiger partial charge in [0.2, 0.25) is 5.91 Å². The van der Waals surface area contributed by atoms with Crippen LogP contribution < -0.4 is 5.73 Å². The molecule has 1 amide bonds. The Morgan fingerprint density at radius 2 is 2.06 bits per heavy atom. The first kappa shape index (κ1) is 20.2. The fourth-order valence-electron chi connectivity index (χ4n) is 3.45. The number of likely N-dealkylation sites (tertiary alicyclic amines) is 1. The van der Waals surface area contributed by atoms with Gasteiger partial charge in [0.1, 0.15) is 24.3 Å². The molecule has 5 rings (SSSR count). The molecule has 0 radical (unpaired) electrons. The second-order valence-electron chi connectivity index (χ2n) is 7.10. The van der Waals surface area contributed by atoms with Crippen molar-refractivity contribution in [3.05, 3.63) is 61.2 Å². The van der Waals surface area contributed by atoms with E-state index in [1.54, 1.807) is 0 Å². The first-order chi connectivity index (χ1) is 15.2. The zero-order valence-corrected chi connectivity index (χ0v) is 17.1. The largest absolute Gasteiger partial charge is 0.383 e. The van der Waals surface area contributed by atoms with Crippen LogP contribution in [-0.4, -0.2) is 48.6 Å². The van der Waals surface area contributed by atoms with Gasteiger partial charge in [-0.05, 0) is 37.0 Å². The van der Waals surface area contributed by atoms with Crippen molar-refractivity contribution in [3.63, 3.8) is 0 Å². The molecule has 31 heavy (non-hydrogen) atoms. The van der Waals surface area contributed by atoms with E-state index >= 15 is 0 Å². The van der Waals surface area contributed by atoms with Gasteiger partial charge in [0, 0.05) is 18.5 Å². The normalized spacial score (nSPS) is 12.8. The Balaban J connectivity index is 0.000000217. The summed E-state index contributed by atoms with van der Waals surface area (Å²) in [6, 6.07) is 9.91. The minimum atomic E-state index is 0.0764. The van der Waals surface area contributed by atoms with Crippen LogP contribution in [0.3, 0.4) is 0 Å². The maximum absolute atomic E-state index is 10.8. The van der Waals surface area contributed by atoms with E-state index in [1.165, 1.54) is 12.4 Å². The molecule has 0 bridgehead atoms. The van der Waals surface area contributed by atoms with Crippen LogP contribution in [0.5, 0.6) is 0 Å². The van der Waals surface area contributed by atoms with Crippen LogP contribution in [-0.2, 0) is 11.3 Å². The van der Waals surface area contributed by atoms with Gasteiger partial charge < -0.3 is 15.6 Å². The monoisotopic (exact) mass is 413 g/mol. The van der Waals surface area contributed by atoms with Gasteiger partial charge in [0.15, 0.2) is 0 Å². The van der Waals surface area contributed by atoms with E-state index in [4.69, 9.17) is 5.73 Å². The quantitative estimate of drug-likeness (QED) is 0.388. The number of nitrogens with one attached hydrogen (secondary N) is 1. The van der Waals surface area contributed by atoms with Gasteiger partial charge in [-0.25, -0.2) is 9.97 Å². The van der Waals surface area contributed by atoms with Crippen molar-refractivity contribution in [1.82, 2.24) is 29.6 Å². The Hall–Kier alpha value is -4.12. The number of rotatable bonds is 2. The van der Waals surface area contributed by atoms with Gasteiger partial charge in [-0.1, -0.05) is 30.7 Å². The topological polar surface area (TPSA) is 106 Å². The molecule has 0 spiro atoms. The molecule has 1 aromatic carbocycles. The lowest BCUT2D eigenvalue weighted by molar-refractivity contribution is -0.124. The third-order valence-electron chi connectivity index (χ3n) is 5.05. The molecule has 1 aliphatic heterocycles. The molecule has 0 unspecified atom stereocenters. The zero-order valence-electron chi connectivity index (χ0n) is 17.1. The van der Waals surface area contributed by atoms with Gasteiger partial charge in [-0.3, -0.25) is 9.48 Å². The molecule has 1 saturated heterocycles. The Kier molecular flexibility index (Phi) is 5.94. The summed E-state index contributed by atoms with van der Waals surface area (Å²) in [5, 5.41) is 6.24. The second-order valence-corrected chi connectivity index (χ2v) is 7.10. The van der Waals surface area contributed by atoms with E-state index in [1.807, 2.05) is 46.1 Å². The van der Waals surface area contributed by atoms with Crippen LogP contribution in [0.4, 0.5) is 5.82 Å². The van der Waals surface area contributed by atoms with Crippen LogP contribution in [0.1, 0.15) is 18.5 Å². The van der Waals surface area contributed by atoms with E-state index in [9.17, 15) is 4.79 Å². The number of anilines is 1. The van der Waals surface area contributed by atoms with Gasteiger partial charge in [0.25, 0.3) is 0 Å². The van der Waals surface area contributed by atoms with Crippen molar-refractivity contribution >= 4 is 33.7 Å². The zero-order chi connectivity index (χ0) is 21.6. The summed E-state index contributed by atoms with van der Waals surface area (Å²) in [6.45, 7) is 5.77. The average Bonchev–Trinajstić information content (AvgIpc) is 3.54. The van der Waals surface area contributed by atoms with Crippen LogP contribution in [0.15, 0.2) is 55.5 Å². The number of amides is 1. The van der Waals surface area contributed by atoms with Crippen molar-refractivity contribution in [1.29, 1.82) is 0 Å².